The lowest BCUT2D eigenvalue weighted by atomic mass is 9.97. The van der Waals surface area contributed by atoms with Gasteiger partial charge in [-0.2, -0.15) is 0 Å². The molecule has 1 fully saturated rings. The first-order valence-electron chi connectivity index (χ1n) is 9.23. The van der Waals surface area contributed by atoms with Gasteiger partial charge in [-0.1, -0.05) is 18.6 Å². The van der Waals surface area contributed by atoms with Crippen LogP contribution < -0.4 is 0 Å². The van der Waals surface area contributed by atoms with E-state index in [0.29, 0.717) is 5.92 Å². The molecule has 0 aliphatic carbocycles. The number of aryl methyl sites for hydroxylation is 1. The van der Waals surface area contributed by atoms with Crippen molar-refractivity contribution in [3.8, 4) is 11.3 Å². The van der Waals surface area contributed by atoms with E-state index < -0.39 is 0 Å². The van der Waals surface area contributed by atoms with Crippen molar-refractivity contribution in [3.63, 3.8) is 0 Å². The predicted octanol–water partition coefficient (Wildman–Crippen LogP) is 4.48. The molecule has 132 valence electrons. The molecule has 0 N–H and O–H groups in total. The third kappa shape index (κ3) is 3.19. The number of hydrogen-bond acceptors (Lipinski definition) is 3. The van der Waals surface area contributed by atoms with Crippen LogP contribution in [0.1, 0.15) is 35.7 Å². The standard InChI is InChI=1S/C22H23N3O/c1-15-7-8-20-18(11-15)19(22(26)25-10-4-5-16(2)14-25)12-21(24-20)17-6-3-9-23-13-17/h3,6-9,11-13,16H,4-5,10,14H2,1-2H3/t16-/m0/s1. The Morgan fingerprint density at radius 1 is 1.23 bits per heavy atom. The molecule has 4 rings (SSSR count). The number of fused-ring (bicyclic) bond motifs is 1. The molecule has 0 unspecified atom stereocenters. The Morgan fingerprint density at radius 3 is 2.88 bits per heavy atom. The molecule has 2 aromatic heterocycles. The van der Waals surface area contributed by atoms with Crippen molar-refractivity contribution >= 4 is 16.8 Å². The molecule has 3 aromatic rings. The normalized spacial score (nSPS) is 17.5. The van der Waals surface area contributed by atoms with Gasteiger partial charge in [-0.25, -0.2) is 4.98 Å². The number of hydrogen-bond donors (Lipinski definition) is 0. The van der Waals surface area contributed by atoms with Crippen molar-refractivity contribution < 1.29 is 4.79 Å². The van der Waals surface area contributed by atoms with Crippen LogP contribution in [0.2, 0.25) is 0 Å². The lowest BCUT2D eigenvalue weighted by Crippen LogP contribution is -2.39. The summed E-state index contributed by atoms with van der Waals surface area (Å²) in [5.41, 5.74) is 4.45. The Morgan fingerprint density at radius 2 is 2.12 bits per heavy atom. The van der Waals surface area contributed by atoms with Crippen LogP contribution in [0.15, 0.2) is 48.8 Å². The van der Waals surface area contributed by atoms with Gasteiger partial charge >= 0.3 is 0 Å². The number of carbonyl (C=O) groups excluding carboxylic acids is 1. The molecule has 1 aliphatic rings. The van der Waals surface area contributed by atoms with E-state index in [4.69, 9.17) is 4.98 Å². The fraction of sp³-hybridized carbons (Fsp3) is 0.318. The highest BCUT2D eigenvalue weighted by molar-refractivity contribution is 6.07. The number of amides is 1. The number of nitrogens with zero attached hydrogens (tertiary/aromatic N) is 3. The number of likely N-dealkylation sites (tertiary alicyclic amines) is 1. The van der Waals surface area contributed by atoms with Gasteiger partial charge in [0.25, 0.3) is 5.91 Å². The molecular weight excluding hydrogens is 322 g/mol. The van der Waals surface area contributed by atoms with E-state index in [2.05, 4.69) is 18.0 Å². The van der Waals surface area contributed by atoms with E-state index >= 15 is 0 Å². The number of aromatic nitrogens is 2. The van der Waals surface area contributed by atoms with Crippen molar-refractivity contribution in [2.45, 2.75) is 26.7 Å². The molecule has 1 saturated heterocycles. The van der Waals surface area contributed by atoms with Gasteiger partial charge in [0.1, 0.15) is 0 Å². The van der Waals surface area contributed by atoms with Crippen LogP contribution in [0.3, 0.4) is 0 Å². The van der Waals surface area contributed by atoms with Crippen LogP contribution in [0.5, 0.6) is 0 Å². The van der Waals surface area contributed by atoms with Crippen LogP contribution >= 0.6 is 0 Å². The number of carbonyl (C=O) groups is 1. The topological polar surface area (TPSA) is 46.1 Å². The first kappa shape index (κ1) is 16.7. The first-order valence-corrected chi connectivity index (χ1v) is 9.23. The van der Waals surface area contributed by atoms with Crippen LogP contribution in [0.25, 0.3) is 22.2 Å². The fourth-order valence-corrected chi connectivity index (χ4v) is 3.72. The number of piperidine rings is 1. The highest BCUT2D eigenvalue weighted by Crippen LogP contribution is 2.27. The van der Waals surface area contributed by atoms with Gasteiger partial charge in [-0.3, -0.25) is 9.78 Å². The van der Waals surface area contributed by atoms with Gasteiger partial charge in [0, 0.05) is 36.4 Å². The second-order valence-corrected chi connectivity index (χ2v) is 7.32. The summed E-state index contributed by atoms with van der Waals surface area (Å²) in [6.45, 7) is 5.93. The van der Waals surface area contributed by atoms with Crippen LogP contribution in [0, 0.1) is 12.8 Å². The van der Waals surface area contributed by atoms with E-state index in [-0.39, 0.29) is 5.91 Å². The SMILES string of the molecule is Cc1ccc2nc(-c3cccnc3)cc(C(=O)N3CCC[C@H](C)C3)c2c1. The maximum absolute atomic E-state index is 13.3. The molecule has 0 saturated carbocycles. The molecule has 1 aromatic carbocycles. The van der Waals surface area contributed by atoms with Crippen LogP contribution in [-0.4, -0.2) is 33.9 Å². The average Bonchev–Trinajstić information content (AvgIpc) is 2.67. The monoisotopic (exact) mass is 345 g/mol. The van der Waals surface area contributed by atoms with E-state index in [1.165, 1.54) is 6.42 Å². The molecule has 4 heteroatoms. The van der Waals surface area contributed by atoms with Crippen LogP contribution in [-0.2, 0) is 0 Å². The zero-order valence-electron chi connectivity index (χ0n) is 15.3. The van der Waals surface area contributed by atoms with E-state index in [0.717, 1.165) is 52.8 Å². The summed E-state index contributed by atoms with van der Waals surface area (Å²) in [6, 6.07) is 11.9. The van der Waals surface area contributed by atoms with Crippen molar-refractivity contribution in [1.29, 1.82) is 0 Å². The van der Waals surface area contributed by atoms with Gasteiger partial charge in [-0.05, 0) is 56.0 Å². The van der Waals surface area contributed by atoms with Gasteiger partial charge in [0.15, 0.2) is 0 Å². The molecule has 4 nitrogen and oxygen atoms in total. The molecule has 3 heterocycles. The van der Waals surface area contributed by atoms with Gasteiger partial charge in [0.05, 0.1) is 16.8 Å². The Bertz CT molecular complexity index is 952. The quantitative estimate of drug-likeness (QED) is 0.688. The Labute approximate surface area is 153 Å². The lowest BCUT2D eigenvalue weighted by Gasteiger charge is -2.31. The summed E-state index contributed by atoms with van der Waals surface area (Å²) in [6.07, 6.45) is 5.81. The largest absolute Gasteiger partial charge is 0.338 e. The van der Waals surface area contributed by atoms with Gasteiger partial charge < -0.3 is 4.90 Å². The Kier molecular flexibility index (Phi) is 4.41. The molecule has 0 bridgehead atoms. The first-order chi connectivity index (χ1) is 12.6. The fourth-order valence-electron chi connectivity index (χ4n) is 3.72. The van der Waals surface area contributed by atoms with Crippen molar-refractivity contribution in [2.24, 2.45) is 5.92 Å². The molecule has 0 spiro atoms. The van der Waals surface area contributed by atoms with E-state index in [1.807, 2.05) is 42.2 Å². The van der Waals surface area contributed by atoms with E-state index in [9.17, 15) is 4.79 Å². The summed E-state index contributed by atoms with van der Waals surface area (Å²) >= 11 is 0. The van der Waals surface area contributed by atoms with Gasteiger partial charge in [-0.15, -0.1) is 0 Å². The number of benzene rings is 1. The Balaban J connectivity index is 1.85. The predicted molar refractivity (Wildman–Crippen MR) is 104 cm³/mol. The average molecular weight is 345 g/mol. The minimum Gasteiger partial charge on any atom is -0.338 e. The molecule has 1 atom stereocenters. The number of pyridine rings is 2. The Hall–Kier alpha value is -2.75. The molecule has 26 heavy (non-hydrogen) atoms. The van der Waals surface area contributed by atoms with Crippen LogP contribution in [0.4, 0.5) is 0 Å². The van der Waals surface area contributed by atoms with Crippen molar-refractivity contribution in [2.75, 3.05) is 13.1 Å². The third-order valence-corrected chi connectivity index (χ3v) is 5.10. The maximum atomic E-state index is 13.3. The number of rotatable bonds is 2. The molecule has 0 radical (unpaired) electrons. The maximum Gasteiger partial charge on any atom is 0.254 e. The second kappa shape index (κ2) is 6.87. The minimum absolute atomic E-state index is 0.111. The molecule has 1 amide bonds. The summed E-state index contributed by atoms with van der Waals surface area (Å²) < 4.78 is 0. The van der Waals surface area contributed by atoms with Crippen molar-refractivity contribution in [3.05, 3.63) is 59.9 Å². The summed E-state index contributed by atoms with van der Waals surface area (Å²) in [5, 5.41) is 0.931. The summed E-state index contributed by atoms with van der Waals surface area (Å²) in [5.74, 6) is 0.667. The second-order valence-electron chi connectivity index (χ2n) is 7.32. The van der Waals surface area contributed by atoms with Gasteiger partial charge in [0.2, 0.25) is 0 Å². The smallest absolute Gasteiger partial charge is 0.254 e. The highest BCUT2D eigenvalue weighted by Gasteiger charge is 2.24. The molecular formula is C22H23N3O. The molecule has 1 aliphatic heterocycles. The zero-order valence-corrected chi connectivity index (χ0v) is 15.3. The van der Waals surface area contributed by atoms with E-state index in [1.54, 1.807) is 12.4 Å². The summed E-state index contributed by atoms with van der Waals surface area (Å²) in [4.78, 5) is 24.3. The summed E-state index contributed by atoms with van der Waals surface area (Å²) in [7, 11) is 0. The zero-order chi connectivity index (χ0) is 18.1. The third-order valence-electron chi connectivity index (χ3n) is 5.10. The van der Waals surface area contributed by atoms with Crippen molar-refractivity contribution in [1.82, 2.24) is 14.9 Å². The lowest BCUT2D eigenvalue weighted by molar-refractivity contribution is 0.0685. The minimum atomic E-state index is 0.111. The highest BCUT2D eigenvalue weighted by atomic mass is 16.2.